The van der Waals surface area contributed by atoms with E-state index in [0.29, 0.717) is 37.6 Å². The molecule has 0 N–H and O–H groups in total. The van der Waals surface area contributed by atoms with Gasteiger partial charge in [0.1, 0.15) is 18.2 Å². The van der Waals surface area contributed by atoms with Crippen LogP contribution in [-0.4, -0.2) is 38.3 Å². The molecule has 6 nitrogen and oxygen atoms in total. The second-order valence-electron chi connectivity index (χ2n) is 6.97. The molecular weight excluding hydrogens is 383 g/mol. The van der Waals surface area contributed by atoms with E-state index in [9.17, 15) is 17.6 Å². The first-order chi connectivity index (χ1) is 13.4. The molecule has 2 aromatic carbocycles. The van der Waals surface area contributed by atoms with Crippen molar-refractivity contribution in [2.24, 2.45) is 0 Å². The Balaban J connectivity index is 1.68. The highest BCUT2D eigenvalue weighted by Gasteiger charge is 2.37. The van der Waals surface area contributed by atoms with Gasteiger partial charge >= 0.3 is 0 Å². The van der Waals surface area contributed by atoms with Crippen LogP contribution in [0.15, 0.2) is 47.4 Å². The number of halogens is 1. The van der Waals surface area contributed by atoms with E-state index >= 15 is 0 Å². The molecule has 2 aliphatic heterocycles. The van der Waals surface area contributed by atoms with Crippen molar-refractivity contribution in [2.75, 3.05) is 24.6 Å². The summed E-state index contributed by atoms with van der Waals surface area (Å²) in [6.45, 7) is 2.63. The minimum absolute atomic E-state index is 0.115. The van der Waals surface area contributed by atoms with Crippen LogP contribution in [0.3, 0.4) is 0 Å². The quantitative estimate of drug-likeness (QED) is 0.789. The van der Waals surface area contributed by atoms with E-state index in [-0.39, 0.29) is 22.7 Å². The van der Waals surface area contributed by atoms with Crippen LogP contribution in [0.4, 0.5) is 10.1 Å². The first-order valence-corrected chi connectivity index (χ1v) is 10.6. The number of benzene rings is 2. The summed E-state index contributed by atoms with van der Waals surface area (Å²) in [6.07, 6.45) is 1.42. The van der Waals surface area contributed by atoms with Crippen molar-refractivity contribution in [3.05, 3.63) is 53.8 Å². The van der Waals surface area contributed by atoms with Crippen LogP contribution in [0.1, 0.15) is 31.4 Å². The lowest BCUT2D eigenvalue weighted by molar-refractivity contribution is -0.116. The largest absolute Gasteiger partial charge is 0.489 e. The molecule has 28 heavy (non-hydrogen) atoms. The smallest absolute Gasteiger partial charge is 0.243 e. The van der Waals surface area contributed by atoms with Gasteiger partial charge in [0.15, 0.2) is 0 Å². The summed E-state index contributed by atoms with van der Waals surface area (Å²) >= 11 is 0. The van der Waals surface area contributed by atoms with Crippen LogP contribution in [0, 0.1) is 5.82 Å². The molecule has 1 amide bonds. The molecule has 1 atom stereocenters. The summed E-state index contributed by atoms with van der Waals surface area (Å²) in [5.41, 5.74) is 1.36. The van der Waals surface area contributed by atoms with Crippen LogP contribution in [0.25, 0.3) is 0 Å². The maximum Gasteiger partial charge on any atom is 0.243 e. The first-order valence-electron chi connectivity index (χ1n) is 9.20. The van der Waals surface area contributed by atoms with Gasteiger partial charge in [0.2, 0.25) is 15.9 Å². The van der Waals surface area contributed by atoms with Gasteiger partial charge < -0.3 is 9.64 Å². The number of rotatable bonds is 3. The van der Waals surface area contributed by atoms with E-state index in [1.807, 2.05) is 0 Å². The van der Waals surface area contributed by atoms with Crippen LogP contribution < -0.4 is 9.64 Å². The van der Waals surface area contributed by atoms with Crippen LogP contribution >= 0.6 is 0 Å². The molecule has 0 aliphatic carbocycles. The number of anilines is 1. The van der Waals surface area contributed by atoms with Gasteiger partial charge in [-0.15, -0.1) is 0 Å². The molecule has 2 aromatic rings. The Kier molecular flexibility index (Phi) is 4.84. The summed E-state index contributed by atoms with van der Waals surface area (Å²) in [7, 11) is -3.76. The molecule has 0 unspecified atom stereocenters. The lowest BCUT2D eigenvalue weighted by atomic mass is 10.1. The molecule has 4 rings (SSSR count). The summed E-state index contributed by atoms with van der Waals surface area (Å²) in [5.74, 6) is -0.0749. The van der Waals surface area contributed by atoms with Gasteiger partial charge in [-0.1, -0.05) is 12.1 Å². The van der Waals surface area contributed by atoms with Crippen molar-refractivity contribution in [3.63, 3.8) is 0 Å². The van der Waals surface area contributed by atoms with Gasteiger partial charge in [0.05, 0.1) is 23.2 Å². The number of nitrogens with zero attached hydrogens (tertiary/aromatic N) is 2. The van der Waals surface area contributed by atoms with Crippen molar-refractivity contribution in [1.29, 1.82) is 0 Å². The van der Waals surface area contributed by atoms with Crippen LogP contribution in [0.2, 0.25) is 0 Å². The predicted octanol–water partition coefficient (Wildman–Crippen LogP) is 3.10. The minimum Gasteiger partial charge on any atom is -0.489 e. The lowest BCUT2D eigenvalue weighted by Gasteiger charge is -2.30. The maximum absolute atomic E-state index is 13.3. The van der Waals surface area contributed by atoms with E-state index in [1.54, 1.807) is 23.1 Å². The number of fused-ring (bicyclic) bond motifs is 1. The fraction of sp³-hybridized carbons (Fsp3) is 0.350. The average Bonchev–Trinajstić information content (AvgIpc) is 3.18. The molecule has 0 spiro atoms. The summed E-state index contributed by atoms with van der Waals surface area (Å²) < 4.78 is 46.9. The van der Waals surface area contributed by atoms with Crippen LogP contribution in [-0.2, 0) is 14.8 Å². The van der Waals surface area contributed by atoms with Gasteiger partial charge in [0, 0.05) is 19.5 Å². The highest BCUT2D eigenvalue weighted by molar-refractivity contribution is 7.89. The Morgan fingerprint density at radius 3 is 2.61 bits per heavy atom. The standard InChI is InChI=1S/C20H21FN2O4S/c1-14(24)22-11-12-27-20-13-17(8-9-19(20)22)28(25,26)23-10-2-3-18(23)15-4-6-16(21)7-5-15/h4-9,13,18H,2-3,10-12H2,1H3/t18-/m0/s1. The van der Waals surface area contributed by atoms with Gasteiger partial charge in [0.25, 0.3) is 0 Å². The Bertz CT molecular complexity index is 1010. The average molecular weight is 404 g/mol. The summed E-state index contributed by atoms with van der Waals surface area (Å²) in [6, 6.07) is 10.3. The fourth-order valence-corrected chi connectivity index (χ4v) is 5.57. The van der Waals surface area contributed by atoms with Crippen molar-refractivity contribution >= 4 is 21.6 Å². The minimum atomic E-state index is -3.76. The van der Waals surface area contributed by atoms with Crippen molar-refractivity contribution < 1.29 is 22.3 Å². The molecule has 2 heterocycles. The third kappa shape index (κ3) is 3.27. The van der Waals surface area contributed by atoms with E-state index in [1.165, 1.54) is 35.5 Å². The number of ether oxygens (including phenoxy) is 1. The Morgan fingerprint density at radius 1 is 1.14 bits per heavy atom. The number of sulfonamides is 1. The van der Waals surface area contributed by atoms with E-state index in [0.717, 1.165) is 12.0 Å². The highest BCUT2D eigenvalue weighted by Crippen LogP contribution is 2.39. The number of amides is 1. The zero-order chi connectivity index (χ0) is 19.9. The molecule has 148 valence electrons. The topological polar surface area (TPSA) is 66.9 Å². The van der Waals surface area contributed by atoms with Crippen molar-refractivity contribution in [1.82, 2.24) is 4.31 Å². The SMILES string of the molecule is CC(=O)N1CCOc2cc(S(=O)(=O)N3CCC[C@H]3c3ccc(F)cc3)ccc21. The summed E-state index contributed by atoms with van der Waals surface area (Å²) in [5, 5.41) is 0. The zero-order valence-electron chi connectivity index (χ0n) is 15.5. The lowest BCUT2D eigenvalue weighted by Crippen LogP contribution is -2.36. The predicted molar refractivity (Wildman–Crippen MR) is 102 cm³/mol. The molecule has 1 saturated heterocycles. The van der Waals surface area contributed by atoms with Crippen molar-refractivity contribution in [3.8, 4) is 5.75 Å². The molecule has 1 fully saturated rings. The number of carbonyl (C=O) groups is 1. The van der Waals surface area contributed by atoms with E-state index in [4.69, 9.17) is 4.74 Å². The van der Waals surface area contributed by atoms with E-state index in [2.05, 4.69) is 0 Å². The monoisotopic (exact) mass is 404 g/mol. The van der Waals surface area contributed by atoms with E-state index < -0.39 is 10.0 Å². The summed E-state index contributed by atoms with van der Waals surface area (Å²) in [4.78, 5) is 13.5. The Morgan fingerprint density at radius 2 is 1.89 bits per heavy atom. The van der Waals surface area contributed by atoms with Gasteiger partial charge in [-0.3, -0.25) is 4.79 Å². The molecule has 0 saturated carbocycles. The van der Waals surface area contributed by atoms with Crippen LogP contribution in [0.5, 0.6) is 5.75 Å². The number of hydrogen-bond acceptors (Lipinski definition) is 4. The molecule has 0 radical (unpaired) electrons. The molecule has 0 bridgehead atoms. The molecule has 8 heteroatoms. The second-order valence-corrected chi connectivity index (χ2v) is 8.86. The Labute approximate surface area is 163 Å². The fourth-order valence-electron chi connectivity index (χ4n) is 3.87. The molecule has 0 aromatic heterocycles. The van der Waals surface area contributed by atoms with Gasteiger partial charge in [-0.25, -0.2) is 12.8 Å². The number of hydrogen-bond donors (Lipinski definition) is 0. The number of carbonyl (C=O) groups excluding carboxylic acids is 1. The molecule has 2 aliphatic rings. The van der Waals surface area contributed by atoms with Crippen molar-refractivity contribution in [2.45, 2.75) is 30.7 Å². The zero-order valence-corrected chi connectivity index (χ0v) is 16.3. The van der Waals surface area contributed by atoms with Gasteiger partial charge in [-0.05, 0) is 42.7 Å². The van der Waals surface area contributed by atoms with Gasteiger partial charge in [-0.2, -0.15) is 4.31 Å². The third-order valence-electron chi connectivity index (χ3n) is 5.24. The third-order valence-corrected chi connectivity index (χ3v) is 7.14. The first kappa shape index (κ1) is 18.9. The Hall–Kier alpha value is -2.45. The highest BCUT2D eigenvalue weighted by atomic mass is 32.2. The normalized spacial score (nSPS) is 19.9. The second kappa shape index (κ2) is 7.18. The maximum atomic E-state index is 13.3. The molecular formula is C20H21FN2O4S.